The molecule has 0 saturated carbocycles. The van der Waals surface area contributed by atoms with Crippen molar-refractivity contribution in [3.63, 3.8) is 0 Å². The predicted molar refractivity (Wildman–Crippen MR) is 67.8 cm³/mol. The van der Waals surface area contributed by atoms with E-state index in [1.54, 1.807) is 17.2 Å². The van der Waals surface area contributed by atoms with E-state index >= 15 is 0 Å². The van der Waals surface area contributed by atoms with Crippen LogP contribution in [0.3, 0.4) is 0 Å². The summed E-state index contributed by atoms with van der Waals surface area (Å²) >= 11 is 0. The third-order valence-electron chi connectivity index (χ3n) is 2.39. The Balaban J connectivity index is 1.93. The zero-order valence-corrected chi connectivity index (χ0v) is 10.4. The van der Waals surface area contributed by atoms with Crippen LogP contribution in [0.25, 0.3) is 0 Å². The predicted octanol–water partition coefficient (Wildman–Crippen LogP) is -0.146. The molecule has 0 fully saturated rings. The maximum Gasteiger partial charge on any atom is 0.239 e. The number of aryl methyl sites for hydroxylation is 2. The van der Waals surface area contributed by atoms with Crippen LogP contribution >= 0.6 is 0 Å². The number of nitrogen functional groups attached to an aromatic ring is 1. The van der Waals surface area contributed by atoms with Gasteiger partial charge in [0.1, 0.15) is 12.1 Å². The molecule has 2 heterocycles. The van der Waals surface area contributed by atoms with Crippen molar-refractivity contribution >= 4 is 11.8 Å². The van der Waals surface area contributed by atoms with Crippen LogP contribution in [0.15, 0.2) is 12.5 Å². The molecule has 0 unspecified atom stereocenters. The van der Waals surface area contributed by atoms with E-state index < -0.39 is 0 Å². The number of hydrazine groups is 1. The zero-order chi connectivity index (χ0) is 13.0. The Morgan fingerprint density at radius 2 is 2.22 bits per heavy atom. The fraction of sp³-hybridized carbons (Fsp3) is 0.400. The first-order valence-electron chi connectivity index (χ1n) is 5.57. The molecule has 2 aromatic rings. The molecule has 0 bridgehead atoms. The van der Waals surface area contributed by atoms with E-state index in [2.05, 4.69) is 30.8 Å². The number of nitrogens with zero attached hydrogens (tertiary/aromatic N) is 5. The molecular weight excluding hydrogens is 232 g/mol. The number of aromatic nitrogens is 5. The standard InChI is InChI=1S/C10H16N8/c1-7-5-13-10(16-11)15-9(7)12-4-3-8-14-6-18(2)17-8/h5-6H,3-4,11H2,1-2H3,(H2,12,13,15,16). The van der Waals surface area contributed by atoms with Crippen molar-refractivity contribution in [3.05, 3.63) is 23.9 Å². The SMILES string of the molecule is Cc1cnc(NN)nc1NCCc1ncn(C)n1. The molecule has 96 valence electrons. The first-order valence-corrected chi connectivity index (χ1v) is 5.57. The van der Waals surface area contributed by atoms with E-state index in [9.17, 15) is 0 Å². The molecule has 0 aliphatic heterocycles. The summed E-state index contributed by atoms with van der Waals surface area (Å²) in [6, 6.07) is 0. The molecule has 2 aromatic heterocycles. The largest absolute Gasteiger partial charge is 0.369 e. The van der Waals surface area contributed by atoms with Crippen LogP contribution < -0.4 is 16.6 Å². The van der Waals surface area contributed by atoms with E-state index in [-0.39, 0.29) is 0 Å². The van der Waals surface area contributed by atoms with E-state index in [1.165, 1.54) is 0 Å². The summed E-state index contributed by atoms with van der Waals surface area (Å²) in [6.45, 7) is 2.63. The van der Waals surface area contributed by atoms with Gasteiger partial charge in [0, 0.05) is 31.8 Å². The molecule has 0 aliphatic carbocycles. The fourth-order valence-corrected chi connectivity index (χ4v) is 1.48. The van der Waals surface area contributed by atoms with Crippen LogP contribution in [-0.2, 0) is 13.5 Å². The van der Waals surface area contributed by atoms with Gasteiger partial charge in [0.05, 0.1) is 0 Å². The topological polar surface area (TPSA) is 107 Å². The van der Waals surface area contributed by atoms with E-state index in [0.717, 1.165) is 23.6 Å². The summed E-state index contributed by atoms with van der Waals surface area (Å²) in [5.74, 6) is 7.21. The van der Waals surface area contributed by atoms with Crippen LogP contribution in [-0.4, -0.2) is 31.3 Å². The smallest absolute Gasteiger partial charge is 0.239 e. The van der Waals surface area contributed by atoms with Crippen molar-refractivity contribution in [2.75, 3.05) is 17.3 Å². The lowest BCUT2D eigenvalue weighted by molar-refractivity contribution is 0.741. The van der Waals surface area contributed by atoms with Gasteiger partial charge < -0.3 is 5.32 Å². The number of nitrogens with one attached hydrogen (secondary N) is 2. The third-order valence-corrected chi connectivity index (χ3v) is 2.39. The lowest BCUT2D eigenvalue weighted by Gasteiger charge is -2.08. The quantitative estimate of drug-likeness (QED) is 0.499. The lowest BCUT2D eigenvalue weighted by Crippen LogP contribution is -2.14. The van der Waals surface area contributed by atoms with Crippen LogP contribution in [0, 0.1) is 6.92 Å². The Morgan fingerprint density at radius 3 is 2.89 bits per heavy atom. The van der Waals surface area contributed by atoms with Crippen LogP contribution in [0.1, 0.15) is 11.4 Å². The Hall–Kier alpha value is -2.22. The van der Waals surface area contributed by atoms with Crippen LogP contribution in [0.5, 0.6) is 0 Å². The van der Waals surface area contributed by atoms with Gasteiger partial charge >= 0.3 is 0 Å². The Kier molecular flexibility index (Phi) is 3.68. The Bertz CT molecular complexity index is 520. The van der Waals surface area contributed by atoms with Crippen molar-refractivity contribution in [1.82, 2.24) is 24.7 Å². The molecule has 8 heteroatoms. The van der Waals surface area contributed by atoms with Gasteiger partial charge in [0.25, 0.3) is 0 Å². The summed E-state index contributed by atoms with van der Waals surface area (Å²) < 4.78 is 1.68. The van der Waals surface area contributed by atoms with Gasteiger partial charge in [0.15, 0.2) is 5.82 Å². The van der Waals surface area contributed by atoms with Crippen molar-refractivity contribution < 1.29 is 0 Å². The molecule has 4 N–H and O–H groups in total. The Morgan fingerprint density at radius 1 is 1.39 bits per heavy atom. The highest BCUT2D eigenvalue weighted by atomic mass is 15.3. The fourth-order valence-electron chi connectivity index (χ4n) is 1.48. The van der Waals surface area contributed by atoms with Crippen molar-refractivity contribution in [2.45, 2.75) is 13.3 Å². The van der Waals surface area contributed by atoms with E-state index in [0.29, 0.717) is 12.5 Å². The molecule has 0 atom stereocenters. The third kappa shape index (κ3) is 2.92. The molecule has 8 nitrogen and oxygen atoms in total. The molecule has 0 saturated heterocycles. The monoisotopic (exact) mass is 248 g/mol. The highest BCUT2D eigenvalue weighted by Crippen LogP contribution is 2.11. The van der Waals surface area contributed by atoms with Gasteiger partial charge in [-0.15, -0.1) is 0 Å². The second kappa shape index (κ2) is 5.41. The maximum atomic E-state index is 5.27. The number of nitrogens with two attached hydrogens (primary N) is 1. The lowest BCUT2D eigenvalue weighted by atomic mass is 10.3. The van der Waals surface area contributed by atoms with Crippen LogP contribution in [0.2, 0.25) is 0 Å². The first-order chi connectivity index (χ1) is 8.69. The minimum atomic E-state index is 0.388. The molecule has 0 amide bonds. The minimum Gasteiger partial charge on any atom is -0.369 e. The molecule has 0 spiro atoms. The van der Waals surface area contributed by atoms with Crippen molar-refractivity contribution in [3.8, 4) is 0 Å². The van der Waals surface area contributed by atoms with Crippen molar-refractivity contribution in [2.24, 2.45) is 12.9 Å². The minimum absolute atomic E-state index is 0.388. The Labute approximate surface area is 105 Å². The van der Waals surface area contributed by atoms with Gasteiger partial charge in [0.2, 0.25) is 5.95 Å². The zero-order valence-electron chi connectivity index (χ0n) is 10.4. The maximum absolute atomic E-state index is 5.27. The van der Waals surface area contributed by atoms with Gasteiger partial charge in [-0.3, -0.25) is 10.1 Å². The molecular formula is C10H16N8. The number of hydrogen-bond acceptors (Lipinski definition) is 7. The normalized spacial score (nSPS) is 10.4. The molecule has 0 radical (unpaired) electrons. The summed E-state index contributed by atoms with van der Waals surface area (Å²) in [5, 5.41) is 7.41. The number of anilines is 2. The van der Waals surface area contributed by atoms with E-state index in [4.69, 9.17) is 5.84 Å². The first kappa shape index (κ1) is 12.2. The average molecular weight is 248 g/mol. The molecule has 0 aliphatic rings. The highest BCUT2D eigenvalue weighted by Gasteiger charge is 2.03. The van der Waals surface area contributed by atoms with Gasteiger partial charge in [-0.2, -0.15) is 10.1 Å². The summed E-state index contributed by atoms with van der Waals surface area (Å²) in [6.07, 6.45) is 4.13. The van der Waals surface area contributed by atoms with Gasteiger partial charge in [-0.1, -0.05) is 0 Å². The second-order valence-electron chi connectivity index (χ2n) is 3.88. The molecule has 2 rings (SSSR count). The van der Waals surface area contributed by atoms with Gasteiger partial charge in [-0.25, -0.2) is 15.8 Å². The summed E-state index contributed by atoms with van der Waals surface area (Å²) in [7, 11) is 1.84. The van der Waals surface area contributed by atoms with Gasteiger partial charge in [-0.05, 0) is 6.92 Å². The highest BCUT2D eigenvalue weighted by molar-refractivity contribution is 5.45. The van der Waals surface area contributed by atoms with E-state index in [1.807, 2.05) is 14.0 Å². The summed E-state index contributed by atoms with van der Waals surface area (Å²) in [4.78, 5) is 12.4. The van der Waals surface area contributed by atoms with Crippen molar-refractivity contribution in [1.29, 1.82) is 0 Å². The number of hydrogen-bond donors (Lipinski definition) is 3. The van der Waals surface area contributed by atoms with Crippen LogP contribution in [0.4, 0.5) is 11.8 Å². The second-order valence-corrected chi connectivity index (χ2v) is 3.88. The average Bonchev–Trinajstić information content (AvgIpc) is 2.77. The summed E-state index contributed by atoms with van der Waals surface area (Å²) in [5.41, 5.74) is 3.38. The number of rotatable bonds is 5. The molecule has 0 aromatic carbocycles. The molecule has 18 heavy (non-hydrogen) atoms.